The predicted octanol–water partition coefficient (Wildman–Crippen LogP) is 2.53. The van der Waals surface area contributed by atoms with E-state index in [1.807, 2.05) is 13.8 Å². The average Bonchev–Trinajstić information content (AvgIpc) is 2.26. The third-order valence-corrected chi connectivity index (χ3v) is 3.73. The molecule has 0 aliphatic rings. The van der Waals surface area contributed by atoms with Crippen LogP contribution in [0.15, 0.2) is 6.20 Å². The van der Waals surface area contributed by atoms with Gasteiger partial charge in [-0.2, -0.15) is 0 Å². The first-order valence-corrected chi connectivity index (χ1v) is 6.91. The van der Waals surface area contributed by atoms with Gasteiger partial charge in [0.1, 0.15) is 11.5 Å². The first-order chi connectivity index (χ1) is 8.95. The van der Waals surface area contributed by atoms with E-state index in [2.05, 4.69) is 15.3 Å². The second kappa shape index (κ2) is 5.66. The van der Waals surface area contributed by atoms with E-state index in [1.165, 1.54) is 6.20 Å². The second-order valence-corrected chi connectivity index (χ2v) is 6.62. The summed E-state index contributed by atoms with van der Waals surface area (Å²) < 4.78 is 0. The third kappa shape index (κ3) is 3.67. The molecule has 0 saturated carbocycles. The summed E-state index contributed by atoms with van der Waals surface area (Å²) in [6.07, 6.45) is 1.43. The molecule has 0 fully saturated rings. The van der Waals surface area contributed by atoms with Gasteiger partial charge in [-0.05, 0) is 27.7 Å². The maximum Gasteiger partial charge on any atom is 0.272 e. The molecule has 1 aromatic rings. The van der Waals surface area contributed by atoms with E-state index in [9.17, 15) is 9.90 Å². The van der Waals surface area contributed by atoms with Gasteiger partial charge in [-0.15, -0.1) is 0 Å². The van der Waals surface area contributed by atoms with Gasteiger partial charge in [-0.1, -0.05) is 25.4 Å². The highest BCUT2D eigenvalue weighted by Crippen LogP contribution is 2.22. The van der Waals surface area contributed by atoms with Crippen LogP contribution < -0.4 is 5.32 Å². The van der Waals surface area contributed by atoms with Crippen molar-refractivity contribution in [3.05, 3.63) is 22.7 Å². The first-order valence-electron chi connectivity index (χ1n) is 6.53. The molecular weight excluding hydrogens is 278 g/mol. The van der Waals surface area contributed by atoms with Gasteiger partial charge in [0.05, 0.1) is 22.4 Å². The van der Waals surface area contributed by atoms with Gasteiger partial charge in [0.15, 0.2) is 0 Å². The molecule has 0 aromatic carbocycles. The lowest BCUT2D eigenvalue weighted by Gasteiger charge is -2.37. The molecular formula is C14H22ClN3O2. The van der Waals surface area contributed by atoms with Crippen molar-refractivity contribution in [2.24, 2.45) is 0 Å². The van der Waals surface area contributed by atoms with Crippen molar-refractivity contribution in [1.29, 1.82) is 0 Å². The molecule has 0 aliphatic heterocycles. The Morgan fingerprint density at radius 1 is 1.35 bits per heavy atom. The molecule has 0 radical (unpaired) electrons. The smallest absolute Gasteiger partial charge is 0.272 e. The predicted molar refractivity (Wildman–Crippen MR) is 79.0 cm³/mol. The lowest BCUT2D eigenvalue weighted by molar-refractivity contribution is -0.00303. The molecule has 1 heterocycles. The lowest BCUT2D eigenvalue weighted by atomic mass is 9.86. The Morgan fingerprint density at radius 3 is 2.35 bits per heavy atom. The highest BCUT2D eigenvalue weighted by Gasteiger charge is 2.37. The number of aromatic nitrogens is 2. The van der Waals surface area contributed by atoms with Gasteiger partial charge < -0.3 is 10.4 Å². The molecule has 0 spiro atoms. The van der Waals surface area contributed by atoms with Crippen molar-refractivity contribution >= 4 is 17.5 Å². The summed E-state index contributed by atoms with van der Waals surface area (Å²) in [6.45, 7) is 10.6. The van der Waals surface area contributed by atoms with Crippen LogP contribution in [0.25, 0.3) is 0 Å². The van der Waals surface area contributed by atoms with Crippen molar-refractivity contribution < 1.29 is 9.90 Å². The minimum absolute atomic E-state index is 0.0982. The Balaban J connectivity index is 3.07. The molecule has 5 nitrogen and oxygen atoms in total. The Morgan fingerprint density at radius 2 is 1.90 bits per heavy atom. The zero-order chi connectivity index (χ0) is 15.7. The minimum Gasteiger partial charge on any atom is -0.388 e. The largest absolute Gasteiger partial charge is 0.388 e. The second-order valence-electron chi connectivity index (χ2n) is 6.22. The van der Waals surface area contributed by atoms with Crippen LogP contribution in [0.2, 0.25) is 5.02 Å². The summed E-state index contributed by atoms with van der Waals surface area (Å²) in [7, 11) is 0. The fourth-order valence-electron chi connectivity index (χ4n) is 1.31. The SMILES string of the molecule is CC(C)c1ncc(Cl)c(C(=O)NC(C)(C)C(C)(C)O)n1. The van der Waals surface area contributed by atoms with Crippen LogP contribution in [-0.2, 0) is 0 Å². The Hall–Kier alpha value is -1.20. The van der Waals surface area contributed by atoms with Crippen molar-refractivity contribution in [1.82, 2.24) is 15.3 Å². The molecule has 0 aliphatic carbocycles. The number of rotatable bonds is 4. The summed E-state index contributed by atoms with van der Waals surface area (Å²) >= 11 is 5.99. The van der Waals surface area contributed by atoms with Gasteiger partial charge in [0, 0.05) is 5.92 Å². The maximum atomic E-state index is 12.3. The molecule has 6 heteroatoms. The number of nitrogens with one attached hydrogen (secondary N) is 1. The minimum atomic E-state index is -1.08. The van der Waals surface area contributed by atoms with Crippen molar-refractivity contribution in [3.63, 3.8) is 0 Å². The molecule has 1 aromatic heterocycles. The quantitative estimate of drug-likeness (QED) is 0.896. The zero-order valence-corrected chi connectivity index (χ0v) is 13.5. The standard InChI is InChI=1S/C14H22ClN3O2/c1-8(2)11-16-7-9(15)10(17-11)12(19)18-13(3,4)14(5,6)20/h7-8,20H,1-6H3,(H,18,19). The Kier molecular flexibility index (Phi) is 4.77. The monoisotopic (exact) mass is 299 g/mol. The van der Waals surface area contributed by atoms with Crippen LogP contribution in [0.3, 0.4) is 0 Å². The van der Waals surface area contributed by atoms with E-state index in [1.54, 1.807) is 27.7 Å². The normalized spacial score (nSPS) is 12.7. The highest BCUT2D eigenvalue weighted by molar-refractivity contribution is 6.33. The van der Waals surface area contributed by atoms with E-state index >= 15 is 0 Å². The number of hydrogen-bond acceptors (Lipinski definition) is 4. The van der Waals surface area contributed by atoms with Crippen LogP contribution in [-0.4, -0.2) is 32.1 Å². The molecule has 1 rings (SSSR count). The first kappa shape index (κ1) is 16.9. The lowest BCUT2D eigenvalue weighted by Crippen LogP contribution is -2.57. The number of hydrogen-bond donors (Lipinski definition) is 2. The number of carbonyl (C=O) groups excluding carboxylic acids is 1. The number of nitrogens with zero attached hydrogens (tertiary/aromatic N) is 2. The van der Waals surface area contributed by atoms with Crippen LogP contribution in [0, 0.1) is 0 Å². The summed E-state index contributed by atoms with van der Waals surface area (Å²) in [4.78, 5) is 20.6. The molecule has 0 atom stereocenters. The van der Waals surface area contributed by atoms with Crippen LogP contribution in [0.5, 0.6) is 0 Å². The van der Waals surface area contributed by atoms with Gasteiger partial charge in [-0.3, -0.25) is 4.79 Å². The average molecular weight is 300 g/mol. The van der Waals surface area contributed by atoms with E-state index in [-0.39, 0.29) is 16.6 Å². The van der Waals surface area contributed by atoms with E-state index in [0.29, 0.717) is 5.82 Å². The number of amides is 1. The summed E-state index contributed by atoms with van der Waals surface area (Å²) in [5.41, 5.74) is -1.78. The Labute approximate surface area is 124 Å². The molecule has 20 heavy (non-hydrogen) atoms. The van der Waals surface area contributed by atoms with Crippen molar-refractivity contribution in [3.8, 4) is 0 Å². The number of halogens is 1. The van der Waals surface area contributed by atoms with E-state index in [4.69, 9.17) is 11.6 Å². The highest BCUT2D eigenvalue weighted by atomic mass is 35.5. The van der Waals surface area contributed by atoms with Gasteiger partial charge in [0.2, 0.25) is 0 Å². The van der Waals surface area contributed by atoms with Gasteiger partial charge in [-0.25, -0.2) is 9.97 Å². The van der Waals surface area contributed by atoms with Crippen LogP contribution in [0.4, 0.5) is 0 Å². The maximum absolute atomic E-state index is 12.3. The summed E-state index contributed by atoms with van der Waals surface area (Å²) in [6, 6.07) is 0. The number of carbonyl (C=O) groups is 1. The zero-order valence-electron chi connectivity index (χ0n) is 12.8. The molecule has 0 bridgehead atoms. The summed E-state index contributed by atoms with van der Waals surface area (Å²) in [5.74, 6) is 0.230. The summed E-state index contributed by atoms with van der Waals surface area (Å²) in [5, 5.41) is 13.0. The molecule has 1 amide bonds. The van der Waals surface area contributed by atoms with Crippen LogP contribution >= 0.6 is 11.6 Å². The third-order valence-electron chi connectivity index (χ3n) is 3.45. The van der Waals surface area contributed by atoms with Gasteiger partial charge >= 0.3 is 0 Å². The van der Waals surface area contributed by atoms with Crippen molar-refractivity contribution in [2.45, 2.75) is 58.6 Å². The molecule has 0 unspecified atom stereocenters. The van der Waals surface area contributed by atoms with Crippen LogP contribution in [0.1, 0.15) is 63.8 Å². The fourth-order valence-corrected chi connectivity index (χ4v) is 1.49. The van der Waals surface area contributed by atoms with Gasteiger partial charge in [0.25, 0.3) is 5.91 Å². The number of aliphatic hydroxyl groups is 1. The van der Waals surface area contributed by atoms with E-state index in [0.717, 1.165) is 0 Å². The molecule has 2 N–H and O–H groups in total. The topological polar surface area (TPSA) is 75.1 Å². The van der Waals surface area contributed by atoms with E-state index < -0.39 is 17.0 Å². The van der Waals surface area contributed by atoms with Crippen molar-refractivity contribution in [2.75, 3.05) is 0 Å². The molecule has 112 valence electrons. The fraction of sp³-hybridized carbons (Fsp3) is 0.643. The molecule has 0 saturated heterocycles. The Bertz CT molecular complexity index is 508.